The quantitative estimate of drug-likeness (QED) is 0.559. The molecule has 0 bridgehead atoms. The molecule has 0 unspecified atom stereocenters. The summed E-state index contributed by atoms with van der Waals surface area (Å²) < 4.78 is 0. The molecule has 21 heavy (non-hydrogen) atoms. The fourth-order valence-corrected chi connectivity index (χ4v) is 2.09. The second-order valence-corrected chi connectivity index (χ2v) is 4.74. The lowest BCUT2D eigenvalue weighted by molar-refractivity contribution is 0.984. The summed E-state index contributed by atoms with van der Waals surface area (Å²) in [7, 11) is 0. The summed E-state index contributed by atoms with van der Waals surface area (Å²) in [5, 5.41) is 0. The molecule has 0 heterocycles. The second kappa shape index (κ2) is 8.80. The van der Waals surface area contributed by atoms with Crippen molar-refractivity contribution < 1.29 is 0 Å². The molecule has 0 fully saturated rings. The first-order valence-electron chi connectivity index (χ1n) is 7.31. The topological polar surface area (TPSA) is 3.24 Å². The Kier molecular flexibility index (Phi) is 7.03. The van der Waals surface area contributed by atoms with Crippen LogP contribution < -0.4 is 4.90 Å². The zero-order valence-corrected chi connectivity index (χ0v) is 13.3. The van der Waals surface area contributed by atoms with E-state index in [0.717, 1.165) is 17.8 Å². The van der Waals surface area contributed by atoms with E-state index in [1.807, 2.05) is 25.2 Å². The van der Waals surface area contributed by atoms with E-state index in [1.54, 1.807) is 6.08 Å². The monoisotopic (exact) mass is 279 g/mol. The van der Waals surface area contributed by atoms with Gasteiger partial charge in [0.05, 0.1) is 0 Å². The predicted molar refractivity (Wildman–Crippen MR) is 95.3 cm³/mol. The SMILES string of the molecule is C=C/C=C(\C=C)N(/C(=C/C=C\C)CC)c1ccc(C)cc1. The number of aryl methyl sites for hydroxylation is 1. The van der Waals surface area contributed by atoms with Crippen LogP contribution in [0, 0.1) is 6.92 Å². The molecule has 0 amide bonds. The summed E-state index contributed by atoms with van der Waals surface area (Å²) in [4.78, 5) is 2.22. The van der Waals surface area contributed by atoms with Gasteiger partial charge in [-0.15, -0.1) is 0 Å². The molecule has 0 radical (unpaired) electrons. The average molecular weight is 279 g/mol. The lowest BCUT2D eigenvalue weighted by atomic mass is 10.1. The van der Waals surface area contributed by atoms with E-state index in [1.165, 1.54) is 11.3 Å². The van der Waals surface area contributed by atoms with E-state index in [-0.39, 0.29) is 0 Å². The number of anilines is 1. The van der Waals surface area contributed by atoms with Crippen molar-refractivity contribution >= 4 is 5.69 Å². The van der Waals surface area contributed by atoms with Gasteiger partial charge in [-0.05, 0) is 50.6 Å². The van der Waals surface area contributed by atoms with Gasteiger partial charge in [0.2, 0.25) is 0 Å². The van der Waals surface area contributed by atoms with E-state index in [4.69, 9.17) is 0 Å². The number of benzene rings is 1. The van der Waals surface area contributed by atoms with Crippen molar-refractivity contribution in [3.63, 3.8) is 0 Å². The van der Waals surface area contributed by atoms with Gasteiger partial charge in [0.15, 0.2) is 0 Å². The highest BCUT2D eigenvalue weighted by Crippen LogP contribution is 2.27. The molecule has 0 saturated heterocycles. The zero-order valence-electron chi connectivity index (χ0n) is 13.3. The molecule has 0 aliphatic rings. The van der Waals surface area contributed by atoms with Gasteiger partial charge in [0, 0.05) is 17.1 Å². The van der Waals surface area contributed by atoms with E-state index < -0.39 is 0 Å². The molecule has 1 aromatic carbocycles. The Balaban J connectivity index is 3.40. The number of allylic oxidation sites excluding steroid dienone is 7. The van der Waals surface area contributed by atoms with Crippen molar-refractivity contribution in [2.24, 2.45) is 0 Å². The number of nitrogens with zero attached hydrogens (tertiary/aromatic N) is 1. The Hall–Kier alpha value is -2.28. The third-order valence-electron chi connectivity index (χ3n) is 3.18. The van der Waals surface area contributed by atoms with E-state index in [0.29, 0.717) is 0 Å². The predicted octanol–water partition coefficient (Wildman–Crippen LogP) is 5.93. The molecule has 1 aromatic rings. The van der Waals surface area contributed by atoms with E-state index >= 15 is 0 Å². The van der Waals surface area contributed by atoms with Crippen LogP contribution in [-0.2, 0) is 0 Å². The first-order valence-corrected chi connectivity index (χ1v) is 7.31. The number of hydrogen-bond acceptors (Lipinski definition) is 1. The first-order chi connectivity index (χ1) is 10.2. The van der Waals surface area contributed by atoms with Gasteiger partial charge in [-0.25, -0.2) is 0 Å². The third kappa shape index (κ3) is 4.64. The summed E-state index contributed by atoms with van der Waals surface area (Å²) in [5.74, 6) is 0. The molecule has 1 rings (SSSR count). The largest absolute Gasteiger partial charge is 0.314 e. The molecule has 0 saturated carbocycles. The molecule has 0 aliphatic carbocycles. The minimum atomic E-state index is 0.931. The normalized spacial score (nSPS) is 12.5. The van der Waals surface area contributed by atoms with Crippen molar-refractivity contribution in [3.8, 4) is 0 Å². The molecule has 0 aromatic heterocycles. The molecule has 110 valence electrons. The molecule has 1 heteroatoms. The minimum absolute atomic E-state index is 0.931. The van der Waals surface area contributed by atoms with Gasteiger partial charge in [-0.3, -0.25) is 0 Å². The van der Waals surface area contributed by atoms with Crippen molar-refractivity contribution in [2.75, 3.05) is 4.90 Å². The van der Waals surface area contributed by atoms with Gasteiger partial charge >= 0.3 is 0 Å². The standard InChI is InChI=1S/C20H25N/c1-6-10-12-19(9-4)21(18(8-3)11-7-2)20-15-13-17(5)14-16-20/h6-8,10-16H,2-3,9H2,1,4-5H3/b10-6-,18-11+,19-12+. The molecule has 0 spiro atoms. The summed E-state index contributed by atoms with van der Waals surface area (Å²) in [5.41, 5.74) is 4.62. The average Bonchev–Trinajstić information content (AvgIpc) is 2.51. The fraction of sp³-hybridized carbons (Fsp3) is 0.200. The maximum absolute atomic E-state index is 3.94. The van der Waals surface area contributed by atoms with Crippen LogP contribution in [0.5, 0.6) is 0 Å². The highest BCUT2D eigenvalue weighted by atomic mass is 15.2. The van der Waals surface area contributed by atoms with Gasteiger partial charge in [-0.2, -0.15) is 0 Å². The van der Waals surface area contributed by atoms with Gasteiger partial charge in [0.25, 0.3) is 0 Å². The first kappa shape index (κ1) is 16.8. The van der Waals surface area contributed by atoms with Crippen molar-refractivity contribution in [3.05, 3.63) is 90.8 Å². The van der Waals surface area contributed by atoms with Crippen LogP contribution in [0.4, 0.5) is 5.69 Å². The van der Waals surface area contributed by atoms with E-state index in [2.05, 4.69) is 68.3 Å². The zero-order chi connectivity index (χ0) is 15.7. The highest BCUT2D eigenvalue weighted by molar-refractivity contribution is 5.61. The van der Waals surface area contributed by atoms with Crippen LogP contribution in [0.25, 0.3) is 0 Å². The molecule has 0 aliphatic heterocycles. The number of rotatable bonds is 7. The Morgan fingerprint density at radius 2 is 1.81 bits per heavy atom. The Morgan fingerprint density at radius 3 is 2.29 bits per heavy atom. The summed E-state index contributed by atoms with van der Waals surface area (Å²) in [6, 6.07) is 8.52. The third-order valence-corrected chi connectivity index (χ3v) is 3.18. The Labute approximate surface area is 129 Å². The van der Waals surface area contributed by atoms with Crippen molar-refractivity contribution in [1.29, 1.82) is 0 Å². The van der Waals surface area contributed by atoms with Crippen LogP contribution in [0.2, 0.25) is 0 Å². The maximum Gasteiger partial charge on any atom is 0.0458 e. The lowest BCUT2D eigenvalue weighted by Gasteiger charge is -2.28. The van der Waals surface area contributed by atoms with Crippen LogP contribution in [0.1, 0.15) is 25.8 Å². The van der Waals surface area contributed by atoms with Crippen LogP contribution in [0.15, 0.2) is 85.3 Å². The summed E-state index contributed by atoms with van der Waals surface area (Å²) >= 11 is 0. The smallest absolute Gasteiger partial charge is 0.0458 e. The van der Waals surface area contributed by atoms with Crippen LogP contribution in [-0.4, -0.2) is 0 Å². The summed E-state index contributed by atoms with van der Waals surface area (Å²) in [6.45, 7) is 14.0. The molecular formula is C20H25N. The Morgan fingerprint density at radius 1 is 1.14 bits per heavy atom. The Bertz CT molecular complexity index is 556. The molecule has 1 nitrogen and oxygen atoms in total. The molecular weight excluding hydrogens is 254 g/mol. The number of hydrogen-bond donors (Lipinski definition) is 0. The van der Waals surface area contributed by atoms with Crippen LogP contribution >= 0.6 is 0 Å². The van der Waals surface area contributed by atoms with Gasteiger partial charge < -0.3 is 4.90 Å². The summed E-state index contributed by atoms with van der Waals surface area (Å²) in [6.07, 6.45) is 12.8. The molecule has 0 atom stereocenters. The van der Waals surface area contributed by atoms with Gasteiger partial charge in [0.1, 0.15) is 0 Å². The lowest BCUT2D eigenvalue weighted by Crippen LogP contribution is -2.20. The van der Waals surface area contributed by atoms with Crippen molar-refractivity contribution in [1.82, 2.24) is 0 Å². The fourth-order valence-electron chi connectivity index (χ4n) is 2.09. The minimum Gasteiger partial charge on any atom is -0.314 e. The van der Waals surface area contributed by atoms with Crippen LogP contribution in [0.3, 0.4) is 0 Å². The molecule has 0 N–H and O–H groups in total. The second-order valence-electron chi connectivity index (χ2n) is 4.74. The van der Waals surface area contributed by atoms with Crippen molar-refractivity contribution in [2.45, 2.75) is 27.2 Å². The van der Waals surface area contributed by atoms with Gasteiger partial charge in [-0.1, -0.05) is 56.0 Å². The van der Waals surface area contributed by atoms with E-state index in [9.17, 15) is 0 Å². The maximum atomic E-state index is 3.94. The highest BCUT2D eigenvalue weighted by Gasteiger charge is 2.13.